The van der Waals surface area contributed by atoms with Gasteiger partial charge in [-0.3, -0.25) is 19.9 Å². The molecule has 3 amide bonds. The number of nitrogens with zero attached hydrogens (tertiary/aromatic N) is 2. The third kappa shape index (κ3) is 7.27. The minimum absolute atomic E-state index is 0.110. The van der Waals surface area contributed by atoms with Crippen LogP contribution < -0.4 is 5.32 Å². The quantitative estimate of drug-likeness (QED) is 0.662. The number of pyridine rings is 1. The van der Waals surface area contributed by atoms with E-state index in [9.17, 15) is 14.4 Å². The smallest absolute Gasteiger partial charge is 0.324 e. The number of rotatable bonds is 9. The summed E-state index contributed by atoms with van der Waals surface area (Å²) in [4.78, 5) is 41.1. The van der Waals surface area contributed by atoms with Crippen LogP contribution in [0.15, 0.2) is 54.7 Å². The van der Waals surface area contributed by atoms with Gasteiger partial charge >= 0.3 is 12.0 Å². The molecule has 2 aromatic rings. The molecule has 0 fully saturated rings. The lowest BCUT2D eigenvalue weighted by Crippen LogP contribution is -2.43. The molecule has 7 heteroatoms. The van der Waals surface area contributed by atoms with E-state index in [1.165, 1.54) is 4.90 Å². The van der Waals surface area contributed by atoms with Crippen molar-refractivity contribution in [1.29, 1.82) is 0 Å². The summed E-state index contributed by atoms with van der Waals surface area (Å²) in [6.07, 6.45) is 3.64. The number of carboxylic acids is 1. The fraction of sp³-hybridized carbons (Fsp3) is 0.300. The number of benzene rings is 1. The largest absolute Gasteiger partial charge is 0.481 e. The Balaban J connectivity index is 1.95. The van der Waals surface area contributed by atoms with Crippen molar-refractivity contribution in [2.45, 2.75) is 32.2 Å². The van der Waals surface area contributed by atoms with E-state index < -0.39 is 17.9 Å². The molecule has 142 valence electrons. The Bertz CT molecular complexity index is 750. The lowest BCUT2D eigenvalue weighted by molar-refractivity contribution is -0.137. The highest BCUT2D eigenvalue weighted by Gasteiger charge is 2.18. The first kappa shape index (κ1) is 20.1. The third-order valence-corrected chi connectivity index (χ3v) is 3.94. The maximum atomic E-state index is 12.6. The number of aliphatic carboxylic acids is 1. The first-order valence-electron chi connectivity index (χ1n) is 8.83. The van der Waals surface area contributed by atoms with Gasteiger partial charge in [0.15, 0.2) is 0 Å². The predicted octanol–water partition coefficient (Wildman–Crippen LogP) is 3.08. The Kier molecular flexibility index (Phi) is 7.96. The van der Waals surface area contributed by atoms with Gasteiger partial charge < -0.3 is 10.0 Å². The molecular formula is C20H23N3O4. The van der Waals surface area contributed by atoms with Crippen LogP contribution >= 0.6 is 0 Å². The number of aromatic nitrogens is 1. The van der Waals surface area contributed by atoms with Crippen molar-refractivity contribution < 1.29 is 19.5 Å². The molecule has 1 heterocycles. The number of carboxylic acid groups (broad SMARTS) is 1. The maximum Gasteiger partial charge on any atom is 0.324 e. The van der Waals surface area contributed by atoms with E-state index in [2.05, 4.69) is 10.3 Å². The monoisotopic (exact) mass is 369 g/mol. The van der Waals surface area contributed by atoms with Crippen molar-refractivity contribution in [1.82, 2.24) is 15.2 Å². The number of hydrogen-bond donors (Lipinski definition) is 2. The predicted molar refractivity (Wildman–Crippen MR) is 100 cm³/mol. The molecule has 0 bridgehead atoms. The number of amides is 3. The Morgan fingerprint density at radius 1 is 0.963 bits per heavy atom. The average molecular weight is 369 g/mol. The van der Waals surface area contributed by atoms with E-state index in [0.717, 1.165) is 0 Å². The molecule has 0 saturated heterocycles. The van der Waals surface area contributed by atoms with Crippen LogP contribution in [0.2, 0.25) is 0 Å². The Labute approximate surface area is 158 Å². The maximum absolute atomic E-state index is 12.6. The van der Waals surface area contributed by atoms with Gasteiger partial charge in [-0.2, -0.15) is 0 Å². The number of urea groups is 1. The van der Waals surface area contributed by atoms with Crippen LogP contribution in [0.25, 0.3) is 0 Å². The molecule has 0 radical (unpaired) electrons. The van der Waals surface area contributed by atoms with Crippen LogP contribution in [0, 0.1) is 0 Å². The van der Waals surface area contributed by atoms with Gasteiger partial charge in [0.1, 0.15) is 0 Å². The highest BCUT2D eigenvalue weighted by Crippen LogP contribution is 2.07. The second kappa shape index (κ2) is 10.7. The number of unbranched alkanes of at least 4 members (excludes halogenated alkanes) is 2. The van der Waals surface area contributed by atoms with Crippen molar-refractivity contribution >= 4 is 17.9 Å². The molecule has 7 nitrogen and oxygen atoms in total. The summed E-state index contributed by atoms with van der Waals surface area (Å²) >= 11 is 0. The summed E-state index contributed by atoms with van der Waals surface area (Å²) in [6, 6.07) is 13.5. The van der Waals surface area contributed by atoms with Crippen LogP contribution in [-0.4, -0.2) is 39.4 Å². The van der Waals surface area contributed by atoms with Gasteiger partial charge in [-0.1, -0.05) is 30.7 Å². The molecule has 1 aromatic carbocycles. The summed E-state index contributed by atoms with van der Waals surface area (Å²) in [6.45, 7) is 0.678. The Morgan fingerprint density at radius 3 is 2.37 bits per heavy atom. The Hall–Kier alpha value is -3.22. The average Bonchev–Trinajstić information content (AvgIpc) is 2.68. The zero-order valence-electron chi connectivity index (χ0n) is 15.0. The van der Waals surface area contributed by atoms with Gasteiger partial charge in [0.25, 0.3) is 5.91 Å². The number of hydrogen-bond acceptors (Lipinski definition) is 4. The molecule has 0 aliphatic heterocycles. The van der Waals surface area contributed by atoms with Gasteiger partial charge in [-0.05, 0) is 37.1 Å². The standard InChI is InChI=1S/C20H23N3O4/c24-18(25)12-5-2-8-14-23(15-17-11-6-7-13-21-17)20(27)22-19(26)16-9-3-1-4-10-16/h1,3-4,6-7,9-11,13H,2,5,8,12,14-15H2,(H,24,25)(H,22,26,27). The molecule has 1 aromatic heterocycles. The van der Waals surface area contributed by atoms with E-state index >= 15 is 0 Å². The summed E-state index contributed by atoms with van der Waals surface area (Å²) in [5.41, 5.74) is 1.12. The van der Waals surface area contributed by atoms with Gasteiger partial charge in [0.05, 0.1) is 12.2 Å². The molecule has 2 N–H and O–H groups in total. The van der Waals surface area contributed by atoms with E-state index in [-0.39, 0.29) is 13.0 Å². The van der Waals surface area contributed by atoms with Crippen LogP contribution in [-0.2, 0) is 11.3 Å². The molecule has 0 saturated carbocycles. The molecule has 0 aliphatic carbocycles. The SMILES string of the molecule is O=C(O)CCCCCN(Cc1ccccn1)C(=O)NC(=O)c1ccccc1. The van der Waals surface area contributed by atoms with Crippen molar-refractivity contribution in [2.75, 3.05) is 6.54 Å². The number of carbonyl (C=O) groups excluding carboxylic acids is 2. The fourth-order valence-electron chi connectivity index (χ4n) is 2.53. The molecule has 0 spiro atoms. The molecule has 2 rings (SSSR count). The normalized spacial score (nSPS) is 10.2. The minimum Gasteiger partial charge on any atom is -0.481 e. The topological polar surface area (TPSA) is 99.6 Å². The lowest BCUT2D eigenvalue weighted by atomic mass is 10.2. The summed E-state index contributed by atoms with van der Waals surface area (Å²) in [5, 5.41) is 11.1. The highest BCUT2D eigenvalue weighted by atomic mass is 16.4. The zero-order valence-corrected chi connectivity index (χ0v) is 15.0. The molecule has 27 heavy (non-hydrogen) atoms. The van der Waals surface area contributed by atoms with E-state index in [4.69, 9.17) is 5.11 Å². The summed E-state index contributed by atoms with van der Waals surface area (Å²) in [7, 11) is 0. The van der Waals surface area contributed by atoms with E-state index in [1.807, 2.05) is 12.1 Å². The van der Waals surface area contributed by atoms with Gasteiger partial charge in [0, 0.05) is 24.7 Å². The third-order valence-electron chi connectivity index (χ3n) is 3.94. The fourth-order valence-corrected chi connectivity index (χ4v) is 2.53. The summed E-state index contributed by atoms with van der Waals surface area (Å²) in [5.74, 6) is -1.29. The van der Waals surface area contributed by atoms with Crippen molar-refractivity contribution in [3.8, 4) is 0 Å². The second-order valence-electron chi connectivity index (χ2n) is 6.07. The zero-order chi connectivity index (χ0) is 19.5. The minimum atomic E-state index is -0.827. The number of carbonyl (C=O) groups is 3. The van der Waals surface area contributed by atoms with E-state index in [1.54, 1.807) is 42.6 Å². The molecular weight excluding hydrogens is 346 g/mol. The lowest BCUT2D eigenvalue weighted by Gasteiger charge is -2.22. The number of nitrogens with one attached hydrogen (secondary N) is 1. The summed E-state index contributed by atoms with van der Waals surface area (Å²) < 4.78 is 0. The second-order valence-corrected chi connectivity index (χ2v) is 6.07. The highest BCUT2D eigenvalue weighted by molar-refractivity contribution is 6.04. The van der Waals surface area contributed by atoms with Crippen LogP contribution in [0.3, 0.4) is 0 Å². The first-order valence-corrected chi connectivity index (χ1v) is 8.83. The van der Waals surface area contributed by atoms with Crippen LogP contribution in [0.4, 0.5) is 4.79 Å². The van der Waals surface area contributed by atoms with Crippen molar-refractivity contribution in [2.24, 2.45) is 0 Å². The van der Waals surface area contributed by atoms with Crippen LogP contribution in [0.1, 0.15) is 41.7 Å². The Morgan fingerprint density at radius 2 is 1.70 bits per heavy atom. The van der Waals surface area contributed by atoms with Gasteiger partial charge in [0.2, 0.25) is 0 Å². The van der Waals surface area contributed by atoms with Gasteiger partial charge in [-0.25, -0.2) is 4.79 Å². The first-order chi connectivity index (χ1) is 13.1. The molecule has 0 atom stereocenters. The van der Waals surface area contributed by atoms with E-state index in [0.29, 0.717) is 37.1 Å². The van der Waals surface area contributed by atoms with Gasteiger partial charge in [-0.15, -0.1) is 0 Å². The number of imide groups is 1. The van der Waals surface area contributed by atoms with Crippen LogP contribution in [0.5, 0.6) is 0 Å². The molecule has 0 aliphatic rings. The molecule has 0 unspecified atom stereocenters. The van der Waals surface area contributed by atoms with Crippen molar-refractivity contribution in [3.05, 3.63) is 66.0 Å². The van der Waals surface area contributed by atoms with Crippen molar-refractivity contribution in [3.63, 3.8) is 0 Å².